The van der Waals surface area contributed by atoms with Gasteiger partial charge in [0.1, 0.15) is 5.82 Å². The second-order valence-electron chi connectivity index (χ2n) is 6.09. The third kappa shape index (κ3) is 3.25. The fraction of sp³-hybridized carbons (Fsp3) is 0.500. The quantitative estimate of drug-likeness (QED) is 0.739. The smallest absolute Gasteiger partial charge is 0.239 e. The van der Waals surface area contributed by atoms with E-state index in [0.717, 1.165) is 36.7 Å². The van der Waals surface area contributed by atoms with Gasteiger partial charge in [-0.25, -0.2) is 0 Å². The number of carbonyl (C=O) groups excluding carboxylic acids is 2. The van der Waals surface area contributed by atoms with Crippen molar-refractivity contribution in [3.63, 3.8) is 0 Å². The molecule has 2 aromatic rings. The summed E-state index contributed by atoms with van der Waals surface area (Å²) < 4.78 is 2.18. The van der Waals surface area contributed by atoms with E-state index in [-0.39, 0.29) is 17.6 Å². The molecule has 0 N–H and O–H groups in total. The molecule has 0 atom stereocenters. The van der Waals surface area contributed by atoms with Crippen LogP contribution in [-0.2, 0) is 16.0 Å². The number of amides is 2. The second-order valence-corrected chi connectivity index (χ2v) is 8.06. The van der Waals surface area contributed by atoms with Gasteiger partial charge in [-0.1, -0.05) is 17.8 Å². The maximum Gasteiger partial charge on any atom is 0.239 e. The number of hydrogen-bond donors (Lipinski definition) is 0. The van der Waals surface area contributed by atoms with Gasteiger partial charge < -0.3 is 4.57 Å². The summed E-state index contributed by atoms with van der Waals surface area (Å²) in [5.74, 6) is 1.04. The van der Waals surface area contributed by atoms with Crippen molar-refractivity contribution in [2.24, 2.45) is 0 Å². The molecule has 126 valence electrons. The van der Waals surface area contributed by atoms with Gasteiger partial charge in [0.25, 0.3) is 0 Å². The van der Waals surface area contributed by atoms with Crippen LogP contribution in [0.1, 0.15) is 42.4 Å². The third-order valence-corrected chi connectivity index (χ3v) is 6.06. The predicted octanol–water partition coefficient (Wildman–Crippen LogP) is 2.51. The summed E-state index contributed by atoms with van der Waals surface area (Å²) in [6.07, 6.45) is 4.32. The van der Waals surface area contributed by atoms with Crippen LogP contribution in [0.5, 0.6) is 0 Å². The monoisotopic (exact) mass is 362 g/mol. The Labute approximate surface area is 148 Å². The molecule has 1 aliphatic carbocycles. The summed E-state index contributed by atoms with van der Waals surface area (Å²) in [4.78, 5) is 26.5. The highest BCUT2D eigenvalue weighted by Gasteiger charge is 2.31. The number of imide groups is 1. The van der Waals surface area contributed by atoms with E-state index in [1.807, 2.05) is 6.07 Å². The fourth-order valence-electron chi connectivity index (χ4n) is 2.91. The van der Waals surface area contributed by atoms with Crippen LogP contribution in [0.2, 0.25) is 0 Å². The first-order chi connectivity index (χ1) is 11.7. The predicted molar refractivity (Wildman–Crippen MR) is 92.1 cm³/mol. The van der Waals surface area contributed by atoms with E-state index in [9.17, 15) is 9.59 Å². The number of aromatic nitrogens is 3. The average Bonchev–Trinajstić information content (AvgIpc) is 2.98. The van der Waals surface area contributed by atoms with Crippen LogP contribution >= 0.6 is 23.1 Å². The van der Waals surface area contributed by atoms with Gasteiger partial charge >= 0.3 is 0 Å². The van der Waals surface area contributed by atoms with E-state index in [4.69, 9.17) is 0 Å². The van der Waals surface area contributed by atoms with Crippen LogP contribution in [0, 0.1) is 0 Å². The minimum absolute atomic E-state index is 0.0531. The van der Waals surface area contributed by atoms with Crippen LogP contribution < -0.4 is 0 Å². The van der Waals surface area contributed by atoms with Crippen molar-refractivity contribution in [1.29, 1.82) is 0 Å². The molecule has 3 heterocycles. The van der Waals surface area contributed by atoms with Crippen LogP contribution in [-0.4, -0.2) is 43.8 Å². The third-order valence-electron chi connectivity index (χ3n) is 4.26. The fourth-order valence-corrected chi connectivity index (χ4v) is 4.51. The summed E-state index contributed by atoms with van der Waals surface area (Å²) in [5.41, 5.74) is 0. The molecule has 4 rings (SSSR count). The van der Waals surface area contributed by atoms with Crippen molar-refractivity contribution in [3.05, 3.63) is 28.2 Å². The summed E-state index contributed by atoms with van der Waals surface area (Å²) in [7, 11) is 0. The lowest BCUT2D eigenvalue weighted by Crippen LogP contribution is -2.33. The summed E-state index contributed by atoms with van der Waals surface area (Å²) in [5, 5.41) is 11.5. The van der Waals surface area contributed by atoms with Gasteiger partial charge in [-0.3, -0.25) is 14.5 Å². The van der Waals surface area contributed by atoms with Gasteiger partial charge in [-0.05, 0) is 30.7 Å². The molecule has 24 heavy (non-hydrogen) atoms. The number of carbonyl (C=O) groups is 2. The normalized spacial score (nSPS) is 17.7. The minimum Gasteiger partial charge on any atom is -0.303 e. The Morgan fingerprint density at radius 1 is 1.38 bits per heavy atom. The first-order valence-electron chi connectivity index (χ1n) is 8.14. The standard InChI is InChI=1S/C16H18N4O2S2/c21-14-4-1-7-19(14)15(22)10-24-16-18-17-13(20(16)11-5-6-11)9-12-3-2-8-23-12/h2-3,8,11H,1,4-7,9-10H2. The Morgan fingerprint density at radius 3 is 2.92 bits per heavy atom. The molecule has 8 heteroatoms. The molecule has 2 aromatic heterocycles. The van der Waals surface area contributed by atoms with Gasteiger partial charge in [0.15, 0.2) is 5.16 Å². The van der Waals surface area contributed by atoms with E-state index in [1.165, 1.54) is 21.5 Å². The zero-order valence-electron chi connectivity index (χ0n) is 13.2. The van der Waals surface area contributed by atoms with Crippen molar-refractivity contribution in [1.82, 2.24) is 19.7 Å². The maximum absolute atomic E-state index is 12.2. The van der Waals surface area contributed by atoms with Crippen LogP contribution in [0.4, 0.5) is 0 Å². The molecule has 1 saturated heterocycles. The number of thioether (sulfide) groups is 1. The molecular weight excluding hydrogens is 344 g/mol. The SMILES string of the molecule is O=C1CCCN1C(=O)CSc1nnc(Cc2cccs2)n1C1CC1. The molecule has 1 aliphatic heterocycles. The van der Waals surface area contributed by atoms with Gasteiger partial charge in [0.05, 0.1) is 5.75 Å². The van der Waals surface area contributed by atoms with Gasteiger partial charge in [-0.15, -0.1) is 21.5 Å². The van der Waals surface area contributed by atoms with E-state index in [0.29, 0.717) is 19.0 Å². The molecule has 0 radical (unpaired) electrons. The number of rotatable bonds is 6. The zero-order chi connectivity index (χ0) is 16.5. The maximum atomic E-state index is 12.2. The highest BCUT2D eigenvalue weighted by molar-refractivity contribution is 7.99. The molecule has 0 bridgehead atoms. The summed E-state index contributed by atoms with van der Waals surface area (Å²) in [6.45, 7) is 0.553. The lowest BCUT2D eigenvalue weighted by molar-refractivity contribution is -0.140. The number of thiophene rings is 1. The van der Waals surface area contributed by atoms with Crippen LogP contribution in [0.3, 0.4) is 0 Å². The lowest BCUT2D eigenvalue weighted by atomic mass is 10.3. The van der Waals surface area contributed by atoms with Crippen molar-refractivity contribution in [2.45, 2.75) is 43.3 Å². The number of nitrogens with zero attached hydrogens (tertiary/aromatic N) is 4. The van der Waals surface area contributed by atoms with Gasteiger partial charge in [0, 0.05) is 30.3 Å². The zero-order valence-corrected chi connectivity index (χ0v) is 14.8. The Kier molecular flexibility index (Phi) is 4.41. The van der Waals surface area contributed by atoms with E-state index >= 15 is 0 Å². The average molecular weight is 362 g/mol. The molecule has 0 spiro atoms. The first kappa shape index (κ1) is 15.8. The molecule has 2 fully saturated rings. The van der Waals surface area contributed by atoms with Crippen LogP contribution in [0.15, 0.2) is 22.7 Å². The van der Waals surface area contributed by atoms with Crippen molar-refractivity contribution < 1.29 is 9.59 Å². The highest BCUT2D eigenvalue weighted by atomic mass is 32.2. The highest BCUT2D eigenvalue weighted by Crippen LogP contribution is 2.39. The lowest BCUT2D eigenvalue weighted by Gasteiger charge is -2.13. The van der Waals surface area contributed by atoms with Gasteiger partial charge in [0.2, 0.25) is 11.8 Å². The molecule has 6 nitrogen and oxygen atoms in total. The van der Waals surface area contributed by atoms with E-state index < -0.39 is 0 Å². The van der Waals surface area contributed by atoms with Gasteiger partial charge in [-0.2, -0.15) is 0 Å². The molecule has 0 unspecified atom stereocenters. The van der Waals surface area contributed by atoms with Crippen molar-refractivity contribution in [3.8, 4) is 0 Å². The Hall–Kier alpha value is -1.67. The molecule has 2 aliphatic rings. The first-order valence-corrected chi connectivity index (χ1v) is 10.0. The Balaban J connectivity index is 1.46. The van der Waals surface area contributed by atoms with E-state index in [1.54, 1.807) is 11.3 Å². The number of likely N-dealkylation sites (tertiary alicyclic amines) is 1. The minimum atomic E-state index is -0.118. The van der Waals surface area contributed by atoms with Crippen molar-refractivity contribution in [2.75, 3.05) is 12.3 Å². The van der Waals surface area contributed by atoms with Crippen molar-refractivity contribution >= 4 is 34.9 Å². The van der Waals surface area contributed by atoms with Crippen LogP contribution in [0.25, 0.3) is 0 Å². The topological polar surface area (TPSA) is 68.1 Å². The second kappa shape index (κ2) is 6.68. The number of hydrogen-bond acceptors (Lipinski definition) is 6. The van der Waals surface area contributed by atoms with E-state index in [2.05, 4.69) is 26.2 Å². The Bertz CT molecular complexity index is 752. The Morgan fingerprint density at radius 2 is 2.25 bits per heavy atom. The molecular formula is C16H18N4O2S2. The molecule has 0 aromatic carbocycles. The largest absolute Gasteiger partial charge is 0.303 e. The summed E-state index contributed by atoms with van der Waals surface area (Å²) in [6, 6.07) is 4.60. The molecule has 2 amide bonds. The molecule has 1 saturated carbocycles. The summed E-state index contributed by atoms with van der Waals surface area (Å²) >= 11 is 3.11.